The second kappa shape index (κ2) is 7.56. The number of hydrogen-bond donors (Lipinski definition) is 1. The molecule has 2 aromatic rings. The van der Waals surface area contributed by atoms with Crippen molar-refractivity contribution in [3.05, 3.63) is 71.5 Å². The SMILES string of the molecule is O=C(NC1CC1)C(c1ccccc1)N1CCOC(c2ccc(F)cc2)C1. The van der Waals surface area contributed by atoms with Crippen LogP contribution in [0.25, 0.3) is 0 Å². The third-order valence-electron chi connectivity index (χ3n) is 4.99. The van der Waals surface area contributed by atoms with Gasteiger partial charge in [-0.3, -0.25) is 9.69 Å². The molecule has 4 rings (SSSR count). The van der Waals surface area contributed by atoms with Crippen LogP contribution in [0.4, 0.5) is 4.39 Å². The minimum atomic E-state index is -0.330. The van der Waals surface area contributed by atoms with Crippen molar-refractivity contribution in [2.45, 2.75) is 31.0 Å². The molecule has 136 valence electrons. The number of carbonyl (C=O) groups excluding carboxylic acids is 1. The third kappa shape index (κ3) is 3.94. The van der Waals surface area contributed by atoms with E-state index in [1.54, 1.807) is 12.1 Å². The van der Waals surface area contributed by atoms with Gasteiger partial charge in [0.1, 0.15) is 11.9 Å². The Balaban J connectivity index is 1.55. The van der Waals surface area contributed by atoms with Crippen LogP contribution in [0, 0.1) is 5.82 Å². The maximum Gasteiger partial charge on any atom is 0.242 e. The Morgan fingerprint density at radius 1 is 1.12 bits per heavy atom. The summed E-state index contributed by atoms with van der Waals surface area (Å²) in [6, 6.07) is 16.3. The van der Waals surface area contributed by atoms with E-state index in [4.69, 9.17) is 4.74 Å². The summed E-state index contributed by atoms with van der Waals surface area (Å²) in [7, 11) is 0. The predicted molar refractivity (Wildman–Crippen MR) is 97.0 cm³/mol. The van der Waals surface area contributed by atoms with Crippen LogP contribution in [0.1, 0.15) is 36.1 Å². The average Bonchev–Trinajstić information content (AvgIpc) is 3.48. The Hall–Kier alpha value is -2.24. The minimum Gasteiger partial charge on any atom is -0.371 e. The summed E-state index contributed by atoms with van der Waals surface area (Å²) in [6.07, 6.45) is 1.97. The fourth-order valence-electron chi connectivity index (χ4n) is 3.45. The van der Waals surface area contributed by atoms with Gasteiger partial charge < -0.3 is 10.1 Å². The van der Waals surface area contributed by atoms with Crippen molar-refractivity contribution in [3.8, 4) is 0 Å². The van der Waals surface area contributed by atoms with E-state index >= 15 is 0 Å². The molecule has 1 saturated heterocycles. The number of halogens is 1. The van der Waals surface area contributed by atoms with Gasteiger partial charge in [-0.15, -0.1) is 0 Å². The number of nitrogens with zero attached hydrogens (tertiary/aromatic N) is 1. The van der Waals surface area contributed by atoms with Gasteiger partial charge in [-0.25, -0.2) is 4.39 Å². The maximum absolute atomic E-state index is 13.2. The molecule has 0 radical (unpaired) electrons. The van der Waals surface area contributed by atoms with Gasteiger partial charge in [-0.1, -0.05) is 42.5 Å². The fourth-order valence-corrected chi connectivity index (χ4v) is 3.45. The molecule has 1 amide bonds. The zero-order chi connectivity index (χ0) is 17.9. The number of amides is 1. The largest absolute Gasteiger partial charge is 0.371 e. The number of ether oxygens (including phenoxy) is 1. The van der Waals surface area contributed by atoms with Gasteiger partial charge in [0.2, 0.25) is 5.91 Å². The standard InChI is InChI=1S/C21H23FN2O2/c22-17-8-6-15(7-9-17)19-14-24(12-13-26-19)20(16-4-2-1-3-5-16)21(25)23-18-10-11-18/h1-9,18-20H,10-14H2,(H,23,25). The third-order valence-corrected chi connectivity index (χ3v) is 4.99. The second-order valence-electron chi connectivity index (χ2n) is 7.00. The van der Waals surface area contributed by atoms with Crippen LogP contribution in [-0.2, 0) is 9.53 Å². The fraction of sp³-hybridized carbons (Fsp3) is 0.381. The quantitative estimate of drug-likeness (QED) is 0.896. The summed E-state index contributed by atoms with van der Waals surface area (Å²) in [5.41, 5.74) is 1.93. The molecule has 2 unspecified atom stereocenters. The first-order valence-corrected chi connectivity index (χ1v) is 9.17. The van der Waals surface area contributed by atoms with Crippen molar-refractivity contribution < 1.29 is 13.9 Å². The van der Waals surface area contributed by atoms with Crippen molar-refractivity contribution >= 4 is 5.91 Å². The normalized spacial score (nSPS) is 22.0. The monoisotopic (exact) mass is 354 g/mol. The van der Waals surface area contributed by atoms with Gasteiger partial charge in [0.25, 0.3) is 0 Å². The van der Waals surface area contributed by atoms with Crippen molar-refractivity contribution in [1.82, 2.24) is 10.2 Å². The van der Waals surface area contributed by atoms with Crippen LogP contribution < -0.4 is 5.32 Å². The van der Waals surface area contributed by atoms with Crippen LogP contribution in [0.2, 0.25) is 0 Å². The highest BCUT2D eigenvalue weighted by atomic mass is 19.1. The molecule has 2 atom stereocenters. The highest BCUT2D eigenvalue weighted by Crippen LogP contribution is 2.30. The smallest absolute Gasteiger partial charge is 0.242 e. The highest BCUT2D eigenvalue weighted by Gasteiger charge is 2.35. The molecule has 5 heteroatoms. The average molecular weight is 354 g/mol. The first kappa shape index (κ1) is 17.2. The molecule has 2 aliphatic rings. The van der Waals surface area contributed by atoms with E-state index in [2.05, 4.69) is 10.2 Å². The Bertz CT molecular complexity index is 746. The zero-order valence-corrected chi connectivity index (χ0v) is 14.6. The Labute approximate surface area is 153 Å². The van der Waals surface area contributed by atoms with E-state index in [0.717, 1.165) is 24.0 Å². The summed E-state index contributed by atoms with van der Waals surface area (Å²) in [5.74, 6) is -0.203. The van der Waals surface area contributed by atoms with Gasteiger partial charge in [0.15, 0.2) is 0 Å². The molecule has 0 bridgehead atoms. The van der Waals surface area contributed by atoms with Crippen LogP contribution in [0.15, 0.2) is 54.6 Å². The summed E-state index contributed by atoms with van der Waals surface area (Å²) in [4.78, 5) is 15.1. The Kier molecular flexibility index (Phi) is 5.00. The number of morpholine rings is 1. The molecule has 1 aliphatic carbocycles. The molecule has 0 spiro atoms. The lowest BCUT2D eigenvalue weighted by atomic mass is 10.0. The van der Waals surface area contributed by atoms with Gasteiger partial charge >= 0.3 is 0 Å². The molecular weight excluding hydrogens is 331 g/mol. The van der Waals surface area contributed by atoms with Gasteiger partial charge in [-0.05, 0) is 36.1 Å². The van der Waals surface area contributed by atoms with Crippen molar-refractivity contribution in [3.63, 3.8) is 0 Å². The van der Waals surface area contributed by atoms with Crippen molar-refractivity contribution in [1.29, 1.82) is 0 Å². The lowest BCUT2D eigenvalue weighted by molar-refractivity contribution is -0.130. The number of hydrogen-bond acceptors (Lipinski definition) is 3. The molecule has 1 aliphatic heterocycles. The minimum absolute atomic E-state index is 0.0541. The number of carbonyl (C=O) groups is 1. The number of nitrogens with one attached hydrogen (secondary N) is 1. The topological polar surface area (TPSA) is 41.6 Å². The molecule has 1 saturated carbocycles. The summed E-state index contributed by atoms with van der Waals surface area (Å²) >= 11 is 0. The van der Waals surface area contributed by atoms with Gasteiger partial charge in [-0.2, -0.15) is 0 Å². The molecule has 4 nitrogen and oxygen atoms in total. The molecule has 2 aromatic carbocycles. The summed E-state index contributed by atoms with van der Waals surface area (Å²) < 4.78 is 19.1. The van der Waals surface area contributed by atoms with E-state index < -0.39 is 0 Å². The Morgan fingerprint density at radius 3 is 2.54 bits per heavy atom. The highest BCUT2D eigenvalue weighted by molar-refractivity contribution is 5.83. The van der Waals surface area contributed by atoms with Crippen LogP contribution >= 0.6 is 0 Å². The molecule has 0 aromatic heterocycles. The first-order chi connectivity index (χ1) is 12.7. The summed E-state index contributed by atoms with van der Waals surface area (Å²) in [5, 5.41) is 3.14. The van der Waals surface area contributed by atoms with Gasteiger partial charge in [0, 0.05) is 19.1 Å². The number of rotatable bonds is 5. The molecule has 2 fully saturated rings. The number of benzene rings is 2. The lowest BCUT2D eigenvalue weighted by Crippen LogP contribution is -2.47. The van der Waals surface area contributed by atoms with Crippen LogP contribution in [-0.4, -0.2) is 36.5 Å². The van der Waals surface area contributed by atoms with Crippen molar-refractivity contribution in [2.24, 2.45) is 0 Å². The van der Waals surface area contributed by atoms with E-state index in [1.807, 2.05) is 30.3 Å². The van der Waals surface area contributed by atoms with E-state index in [1.165, 1.54) is 12.1 Å². The molecule has 1 heterocycles. The van der Waals surface area contributed by atoms with Gasteiger partial charge in [0.05, 0.1) is 12.7 Å². The zero-order valence-electron chi connectivity index (χ0n) is 14.6. The van der Waals surface area contributed by atoms with Crippen LogP contribution in [0.5, 0.6) is 0 Å². The molecular formula is C21H23FN2O2. The van der Waals surface area contributed by atoms with E-state index in [9.17, 15) is 9.18 Å². The predicted octanol–water partition coefficient (Wildman–Crippen LogP) is 3.22. The van der Waals surface area contributed by atoms with E-state index in [0.29, 0.717) is 25.7 Å². The molecule has 1 N–H and O–H groups in total. The van der Waals surface area contributed by atoms with E-state index in [-0.39, 0.29) is 23.9 Å². The summed E-state index contributed by atoms with van der Waals surface area (Å²) in [6.45, 7) is 1.83. The van der Waals surface area contributed by atoms with Crippen LogP contribution in [0.3, 0.4) is 0 Å². The molecule has 26 heavy (non-hydrogen) atoms. The maximum atomic E-state index is 13.2. The Morgan fingerprint density at radius 2 is 1.85 bits per heavy atom. The first-order valence-electron chi connectivity index (χ1n) is 9.17. The second-order valence-corrected chi connectivity index (χ2v) is 7.00. The van der Waals surface area contributed by atoms with Crippen molar-refractivity contribution in [2.75, 3.05) is 19.7 Å². The lowest BCUT2D eigenvalue weighted by Gasteiger charge is -2.38.